The van der Waals surface area contributed by atoms with Gasteiger partial charge in [-0.1, -0.05) is 15.9 Å². The molecule has 2 aliphatic rings. The topological polar surface area (TPSA) is 29.5 Å². The quantitative estimate of drug-likeness (QED) is 0.689. The molecule has 1 amide bonds. The van der Waals surface area contributed by atoms with Gasteiger partial charge in [-0.25, -0.2) is 4.79 Å². The zero-order valence-corrected chi connectivity index (χ0v) is 11.1. The van der Waals surface area contributed by atoms with Crippen LogP contribution in [0.15, 0.2) is 0 Å². The van der Waals surface area contributed by atoms with Crippen LogP contribution >= 0.6 is 15.9 Å². The molecule has 3 nitrogen and oxygen atoms in total. The van der Waals surface area contributed by atoms with Crippen LogP contribution in [0, 0.1) is 5.92 Å². The summed E-state index contributed by atoms with van der Waals surface area (Å²) in [6, 6.07) is 0.797. The van der Waals surface area contributed by atoms with Crippen molar-refractivity contribution in [1.29, 1.82) is 0 Å². The molecule has 86 valence electrons. The molecule has 0 radical (unpaired) electrons. The fraction of sp³-hybridized carbons (Fsp3) is 0.909. The number of fused-ring (bicyclic) bond motifs is 1. The van der Waals surface area contributed by atoms with Gasteiger partial charge in [0.05, 0.1) is 0 Å². The highest BCUT2D eigenvalue weighted by Gasteiger charge is 2.54. The Morgan fingerprint density at radius 3 is 2.67 bits per heavy atom. The van der Waals surface area contributed by atoms with E-state index in [1.54, 1.807) is 0 Å². The molecule has 3 atom stereocenters. The lowest BCUT2D eigenvalue weighted by Crippen LogP contribution is -2.42. The molecule has 0 spiro atoms. The van der Waals surface area contributed by atoms with Gasteiger partial charge in [-0.3, -0.25) is 0 Å². The zero-order valence-electron chi connectivity index (χ0n) is 9.50. The first kappa shape index (κ1) is 11.2. The number of hydrogen-bond donors (Lipinski definition) is 0. The molecular formula is C11H18BrNO2. The third-order valence-corrected chi connectivity index (χ3v) is 3.74. The maximum Gasteiger partial charge on any atom is 0.410 e. The number of likely N-dealkylation sites (tertiary alicyclic amines) is 1. The molecule has 15 heavy (non-hydrogen) atoms. The molecule has 2 fully saturated rings. The standard InChI is InChI=1S/C11H18BrNO2/c1-11(2,3)15-10(14)13-8(6-12)4-7-5-9(7)13/h7-9H,4-6H2,1-3H3/t7-,8+,9+/m0/s1. The van der Waals surface area contributed by atoms with E-state index in [2.05, 4.69) is 15.9 Å². The predicted molar refractivity (Wildman–Crippen MR) is 62.2 cm³/mol. The molecule has 0 N–H and O–H groups in total. The van der Waals surface area contributed by atoms with Crippen LogP contribution < -0.4 is 0 Å². The van der Waals surface area contributed by atoms with E-state index >= 15 is 0 Å². The molecule has 0 bridgehead atoms. The average Bonchev–Trinajstić information content (AvgIpc) is 2.73. The maximum absolute atomic E-state index is 12.0. The van der Waals surface area contributed by atoms with Crippen LogP contribution in [0.3, 0.4) is 0 Å². The van der Waals surface area contributed by atoms with Crippen molar-refractivity contribution in [3.05, 3.63) is 0 Å². The van der Waals surface area contributed by atoms with Crippen molar-refractivity contribution in [1.82, 2.24) is 4.90 Å². The van der Waals surface area contributed by atoms with Gasteiger partial charge in [-0.15, -0.1) is 0 Å². The Bertz CT molecular complexity index is 274. The van der Waals surface area contributed by atoms with Crippen molar-refractivity contribution < 1.29 is 9.53 Å². The maximum atomic E-state index is 12.0. The Morgan fingerprint density at radius 2 is 2.13 bits per heavy atom. The number of piperidine rings is 1. The van der Waals surface area contributed by atoms with Crippen molar-refractivity contribution in [2.24, 2.45) is 5.92 Å². The Balaban J connectivity index is 1.99. The van der Waals surface area contributed by atoms with Crippen molar-refractivity contribution in [3.63, 3.8) is 0 Å². The molecule has 1 aliphatic carbocycles. The lowest BCUT2D eigenvalue weighted by atomic mass is 10.2. The van der Waals surface area contributed by atoms with E-state index in [1.165, 1.54) is 6.42 Å². The Labute approximate surface area is 99.3 Å². The molecular weight excluding hydrogens is 258 g/mol. The number of amides is 1. The Morgan fingerprint density at radius 1 is 1.47 bits per heavy atom. The van der Waals surface area contributed by atoms with E-state index in [0.717, 1.165) is 17.7 Å². The minimum atomic E-state index is -0.388. The summed E-state index contributed by atoms with van der Waals surface area (Å²) in [5.41, 5.74) is -0.388. The monoisotopic (exact) mass is 275 g/mol. The number of carbonyl (C=O) groups is 1. The molecule has 0 aromatic carbocycles. The summed E-state index contributed by atoms with van der Waals surface area (Å²) in [6.07, 6.45) is 2.16. The van der Waals surface area contributed by atoms with Gasteiger partial charge in [0.2, 0.25) is 0 Å². The fourth-order valence-corrected chi connectivity index (χ4v) is 2.87. The summed E-state index contributed by atoms with van der Waals surface area (Å²) in [5, 5.41) is 0.860. The number of carbonyl (C=O) groups excluding carboxylic acids is 1. The van der Waals surface area contributed by atoms with Crippen LogP contribution in [-0.4, -0.2) is 34.0 Å². The summed E-state index contributed by atoms with van der Waals surface area (Å²) in [5.74, 6) is 0.736. The lowest BCUT2D eigenvalue weighted by molar-refractivity contribution is 0.0203. The van der Waals surface area contributed by atoms with E-state index in [-0.39, 0.29) is 11.7 Å². The highest BCUT2D eigenvalue weighted by molar-refractivity contribution is 9.09. The summed E-state index contributed by atoms with van der Waals surface area (Å²) < 4.78 is 5.42. The van der Waals surface area contributed by atoms with Gasteiger partial charge in [0.25, 0.3) is 0 Å². The number of nitrogens with zero attached hydrogens (tertiary/aromatic N) is 1. The van der Waals surface area contributed by atoms with Crippen LogP contribution in [0.5, 0.6) is 0 Å². The second-order valence-electron chi connectivity index (χ2n) is 5.49. The molecule has 0 unspecified atom stereocenters. The van der Waals surface area contributed by atoms with E-state index in [1.807, 2.05) is 25.7 Å². The number of rotatable bonds is 1. The van der Waals surface area contributed by atoms with Crippen molar-refractivity contribution in [2.45, 2.75) is 51.3 Å². The van der Waals surface area contributed by atoms with E-state index in [4.69, 9.17) is 4.74 Å². The minimum Gasteiger partial charge on any atom is -0.444 e. The van der Waals surface area contributed by atoms with Gasteiger partial charge in [0, 0.05) is 17.4 Å². The second-order valence-corrected chi connectivity index (χ2v) is 6.14. The number of halogens is 1. The second kappa shape index (κ2) is 3.65. The number of ether oxygens (including phenoxy) is 1. The van der Waals surface area contributed by atoms with Crippen molar-refractivity contribution in [2.75, 3.05) is 5.33 Å². The van der Waals surface area contributed by atoms with Crippen LogP contribution in [0.25, 0.3) is 0 Å². The van der Waals surface area contributed by atoms with Crippen molar-refractivity contribution >= 4 is 22.0 Å². The van der Waals surface area contributed by atoms with Gasteiger partial charge < -0.3 is 9.64 Å². The molecule has 2 rings (SSSR count). The van der Waals surface area contributed by atoms with Gasteiger partial charge in [0.1, 0.15) is 5.60 Å². The normalized spacial score (nSPS) is 33.9. The first-order valence-electron chi connectivity index (χ1n) is 5.49. The summed E-state index contributed by atoms with van der Waals surface area (Å²) in [7, 11) is 0. The largest absolute Gasteiger partial charge is 0.444 e. The van der Waals surface area contributed by atoms with Gasteiger partial charge >= 0.3 is 6.09 Å². The third kappa shape index (κ3) is 2.30. The Hall–Kier alpha value is -0.250. The molecule has 1 saturated carbocycles. The summed E-state index contributed by atoms with van der Waals surface area (Å²) >= 11 is 3.46. The highest BCUT2D eigenvalue weighted by Crippen LogP contribution is 2.48. The van der Waals surface area contributed by atoms with Gasteiger partial charge in [-0.05, 0) is 39.5 Å². The van der Waals surface area contributed by atoms with Crippen LogP contribution in [0.4, 0.5) is 4.79 Å². The lowest BCUT2D eigenvalue weighted by Gasteiger charge is -2.29. The fourth-order valence-electron chi connectivity index (χ4n) is 2.30. The van der Waals surface area contributed by atoms with E-state index in [9.17, 15) is 4.79 Å². The molecule has 1 heterocycles. The molecule has 4 heteroatoms. The molecule has 0 aromatic heterocycles. The molecule has 1 saturated heterocycles. The summed E-state index contributed by atoms with van der Waals surface area (Å²) in [6.45, 7) is 5.73. The van der Waals surface area contributed by atoms with Crippen molar-refractivity contribution in [3.8, 4) is 0 Å². The average molecular weight is 276 g/mol. The number of alkyl halides is 1. The Kier molecular flexibility index (Phi) is 2.73. The SMILES string of the molecule is CC(C)(C)OC(=O)N1[C@@H](CBr)C[C@H]2C[C@H]21. The van der Waals surface area contributed by atoms with Crippen LogP contribution in [0.2, 0.25) is 0 Å². The molecule has 0 aromatic rings. The van der Waals surface area contributed by atoms with Crippen LogP contribution in [0.1, 0.15) is 33.6 Å². The first-order valence-corrected chi connectivity index (χ1v) is 6.62. The smallest absolute Gasteiger partial charge is 0.410 e. The first-order chi connectivity index (χ1) is 6.92. The third-order valence-electron chi connectivity index (χ3n) is 2.99. The van der Waals surface area contributed by atoms with Gasteiger partial charge in [-0.2, -0.15) is 0 Å². The van der Waals surface area contributed by atoms with E-state index in [0.29, 0.717) is 12.1 Å². The zero-order chi connectivity index (χ0) is 11.2. The highest BCUT2D eigenvalue weighted by atomic mass is 79.9. The summed E-state index contributed by atoms with van der Waals surface area (Å²) in [4.78, 5) is 13.9. The minimum absolute atomic E-state index is 0.142. The van der Waals surface area contributed by atoms with E-state index < -0.39 is 0 Å². The van der Waals surface area contributed by atoms with Crippen LogP contribution in [-0.2, 0) is 4.74 Å². The number of hydrogen-bond acceptors (Lipinski definition) is 2. The van der Waals surface area contributed by atoms with Gasteiger partial charge in [0.15, 0.2) is 0 Å². The predicted octanol–water partition coefficient (Wildman–Crippen LogP) is 2.78. The molecule has 1 aliphatic heterocycles.